The molecular weight excluding hydrogens is 330 g/mol. The second-order valence-corrected chi connectivity index (χ2v) is 7.43. The molecule has 0 saturated carbocycles. The molecule has 1 atom stereocenters. The molecule has 0 aliphatic carbocycles. The van der Waals surface area contributed by atoms with Crippen LogP contribution in [0.15, 0.2) is 47.3 Å². The van der Waals surface area contributed by atoms with Gasteiger partial charge in [-0.1, -0.05) is 32.0 Å². The van der Waals surface area contributed by atoms with Crippen molar-refractivity contribution < 1.29 is 4.74 Å². The average Bonchev–Trinajstić information content (AvgIpc) is 2.63. The van der Waals surface area contributed by atoms with Crippen molar-refractivity contribution in [3.05, 3.63) is 58.3 Å². The summed E-state index contributed by atoms with van der Waals surface area (Å²) in [7, 11) is 0. The molecule has 25 heavy (non-hydrogen) atoms. The quantitative estimate of drug-likeness (QED) is 0.577. The molecule has 4 heteroatoms. The smallest absolute Gasteiger partial charge is 0.195 e. The number of benzene rings is 2. The van der Waals surface area contributed by atoms with Gasteiger partial charge in [0.25, 0.3) is 0 Å². The summed E-state index contributed by atoms with van der Waals surface area (Å²) in [5.41, 5.74) is 1.17. The van der Waals surface area contributed by atoms with Gasteiger partial charge in [-0.25, -0.2) is 0 Å². The van der Waals surface area contributed by atoms with Crippen LogP contribution >= 0.6 is 11.3 Å². The summed E-state index contributed by atoms with van der Waals surface area (Å²) < 4.78 is 7.97. The largest absolute Gasteiger partial charge is 0.375 e. The predicted molar refractivity (Wildman–Crippen MR) is 108 cm³/mol. The molecule has 0 amide bonds. The van der Waals surface area contributed by atoms with Crippen LogP contribution in [0.5, 0.6) is 0 Å². The molecule has 0 N–H and O–H groups in total. The standard InChI is InChI=1S/C21H25NO2S/c1-4-22(5-2)15(3)13-24-14-16-10-11-20-18(12-16)21(23)17-8-6-7-9-19(17)25-20/h6-12,15H,4-5,13-14H2,1-3H3. The first-order valence-corrected chi connectivity index (χ1v) is 9.72. The Hall–Kier alpha value is -1.75. The number of nitrogens with zero attached hydrogens (tertiary/aromatic N) is 1. The van der Waals surface area contributed by atoms with Crippen molar-refractivity contribution in [1.29, 1.82) is 0 Å². The van der Waals surface area contributed by atoms with E-state index in [4.69, 9.17) is 4.74 Å². The van der Waals surface area contributed by atoms with Gasteiger partial charge in [0.05, 0.1) is 13.2 Å². The van der Waals surface area contributed by atoms with E-state index in [0.29, 0.717) is 19.3 Å². The zero-order chi connectivity index (χ0) is 17.8. The lowest BCUT2D eigenvalue weighted by atomic mass is 10.1. The minimum Gasteiger partial charge on any atom is -0.375 e. The van der Waals surface area contributed by atoms with E-state index in [1.807, 2.05) is 36.4 Å². The highest BCUT2D eigenvalue weighted by Gasteiger charge is 2.10. The highest BCUT2D eigenvalue weighted by Crippen LogP contribution is 2.25. The summed E-state index contributed by atoms with van der Waals surface area (Å²) in [6.07, 6.45) is 0. The third-order valence-electron chi connectivity index (χ3n) is 4.70. The summed E-state index contributed by atoms with van der Waals surface area (Å²) in [5.74, 6) is 0. The molecule has 0 aliphatic rings. The number of ether oxygens (including phenoxy) is 1. The van der Waals surface area contributed by atoms with Crippen LogP contribution in [0.3, 0.4) is 0 Å². The Morgan fingerprint density at radius 2 is 1.76 bits per heavy atom. The van der Waals surface area contributed by atoms with Gasteiger partial charge in [-0.2, -0.15) is 0 Å². The van der Waals surface area contributed by atoms with Crippen molar-refractivity contribution in [3.8, 4) is 0 Å². The van der Waals surface area contributed by atoms with Crippen LogP contribution in [0.4, 0.5) is 0 Å². The topological polar surface area (TPSA) is 29.5 Å². The van der Waals surface area contributed by atoms with Gasteiger partial charge >= 0.3 is 0 Å². The molecule has 1 heterocycles. The van der Waals surface area contributed by atoms with Gasteiger partial charge in [0.1, 0.15) is 0 Å². The van der Waals surface area contributed by atoms with E-state index in [2.05, 4.69) is 31.7 Å². The summed E-state index contributed by atoms with van der Waals surface area (Å²) in [6.45, 7) is 9.84. The average molecular weight is 356 g/mol. The fraction of sp³-hybridized carbons (Fsp3) is 0.381. The fourth-order valence-corrected chi connectivity index (χ4v) is 4.29. The van der Waals surface area contributed by atoms with E-state index < -0.39 is 0 Å². The third kappa shape index (κ3) is 3.92. The molecule has 1 unspecified atom stereocenters. The van der Waals surface area contributed by atoms with Crippen LogP contribution in [0.1, 0.15) is 26.3 Å². The highest BCUT2D eigenvalue weighted by atomic mass is 32.1. The molecule has 3 nitrogen and oxygen atoms in total. The van der Waals surface area contributed by atoms with Crippen molar-refractivity contribution in [2.24, 2.45) is 0 Å². The van der Waals surface area contributed by atoms with Gasteiger partial charge in [-0.05, 0) is 49.8 Å². The first kappa shape index (κ1) is 18.1. The molecule has 2 aromatic carbocycles. The Morgan fingerprint density at radius 1 is 1.04 bits per heavy atom. The highest BCUT2D eigenvalue weighted by molar-refractivity contribution is 7.24. The number of hydrogen-bond acceptors (Lipinski definition) is 4. The second-order valence-electron chi connectivity index (χ2n) is 6.34. The Balaban J connectivity index is 1.78. The van der Waals surface area contributed by atoms with Gasteiger partial charge in [-0.3, -0.25) is 9.69 Å². The lowest BCUT2D eigenvalue weighted by molar-refractivity contribution is 0.0611. The van der Waals surface area contributed by atoms with Gasteiger partial charge in [0.2, 0.25) is 0 Å². The molecule has 3 aromatic rings. The van der Waals surface area contributed by atoms with E-state index >= 15 is 0 Å². The van der Waals surface area contributed by atoms with Gasteiger partial charge in [-0.15, -0.1) is 11.3 Å². The Labute approximate surface area is 152 Å². The minimum absolute atomic E-state index is 0.114. The normalized spacial score (nSPS) is 13.0. The minimum atomic E-state index is 0.114. The van der Waals surface area contributed by atoms with E-state index in [1.165, 1.54) is 0 Å². The zero-order valence-corrected chi connectivity index (χ0v) is 15.9. The first-order valence-electron chi connectivity index (χ1n) is 8.90. The van der Waals surface area contributed by atoms with E-state index in [9.17, 15) is 4.79 Å². The molecule has 0 spiro atoms. The number of fused-ring (bicyclic) bond motifs is 2. The van der Waals surface area contributed by atoms with Crippen LogP contribution < -0.4 is 5.43 Å². The Bertz CT molecular complexity index is 915. The van der Waals surface area contributed by atoms with E-state index in [1.54, 1.807) is 11.3 Å². The third-order valence-corrected chi connectivity index (χ3v) is 5.86. The van der Waals surface area contributed by atoms with Crippen LogP contribution in [-0.2, 0) is 11.3 Å². The molecular formula is C21H25NO2S. The van der Waals surface area contributed by atoms with Crippen LogP contribution in [0, 0.1) is 0 Å². The summed E-state index contributed by atoms with van der Waals surface area (Å²) >= 11 is 1.67. The molecule has 0 aliphatic heterocycles. The monoisotopic (exact) mass is 355 g/mol. The Kier molecular flexibility index (Phi) is 5.84. The molecule has 3 rings (SSSR count). The second kappa shape index (κ2) is 8.09. The maximum absolute atomic E-state index is 12.7. The van der Waals surface area contributed by atoms with E-state index in [0.717, 1.165) is 38.8 Å². The maximum atomic E-state index is 12.7. The van der Waals surface area contributed by atoms with Crippen molar-refractivity contribution >= 4 is 31.5 Å². The predicted octanol–water partition coefficient (Wildman–Crippen LogP) is 4.66. The van der Waals surface area contributed by atoms with Gasteiger partial charge in [0, 0.05) is 26.2 Å². The van der Waals surface area contributed by atoms with Crippen molar-refractivity contribution in [2.45, 2.75) is 33.4 Å². The summed E-state index contributed by atoms with van der Waals surface area (Å²) in [6, 6.07) is 14.3. The molecule has 0 saturated heterocycles. The summed E-state index contributed by atoms with van der Waals surface area (Å²) in [5, 5.41) is 1.59. The van der Waals surface area contributed by atoms with Gasteiger partial charge in [0.15, 0.2) is 5.43 Å². The van der Waals surface area contributed by atoms with E-state index in [-0.39, 0.29) is 5.43 Å². The maximum Gasteiger partial charge on any atom is 0.195 e. The molecule has 1 aromatic heterocycles. The van der Waals surface area contributed by atoms with Crippen molar-refractivity contribution in [2.75, 3.05) is 19.7 Å². The van der Waals surface area contributed by atoms with Crippen LogP contribution in [-0.4, -0.2) is 30.6 Å². The fourth-order valence-electron chi connectivity index (χ4n) is 3.24. The molecule has 132 valence electrons. The molecule has 0 bridgehead atoms. The summed E-state index contributed by atoms with van der Waals surface area (Å²) in [4.78, 5) is 15.1. The van der Waals surface area contributed by atoms with Crippen LogP contribution in [0.2, 0.25) is 0 Å². The van der Waals surface area contributed by atoms with Crippen molar-refractivity contribution in [1.82, 2.24) is 4.90 Å². The lowest BCUT2D eigenvalue weighted by Crippen LogP contribution is -2.36. The first-order chi connectivity index (χ1) is 12.1. The molecule has 0 radical (unpaired) electrons. The van der Waals surface area contributed by atoms with Crippen LogP contribution in [0.25, 0.3) is 20.2 Å². The SMILES string of the molecule is CCN(CC)C(C)COCc1ccc2sc3ccccc3c(=O)c2c1. The molecule has 0 fully saturated rings. The number of rotatable bonds is 7. The Morgan fingerprint density at radius 3 is 2.52 bits per heavy atom. The van der Waals surface area contributed by atoms with Crippen molar-refractivity contribution in [3.63, 3.8) is 0 Å². The number of likely N-dealkylation sites (N-methyl/N-ethyl adjacent to an activating group) is 1. The lowest BCUT2D eigenvalue weighted by Gasteiger charge is -2.26. The number of hydrogen-bond donors (Lipinski definition) is 0. The zero-order valence-electron chi connectivity index (χ0n) is 15.1. The van der Waals surface area contributed by atoms with Gasteiger partial charge < -0.3 is 4.74 Å².